The molecule has 0 aliphatic rings. The molecule has 0 aliphatic carbocycles. The zero-order valence-electron chi connectivity index (χ0n) is 16.1. The summed E-state index contributed by atoms with van der Waals surface area (Å²) < 4.78 is 71.4. The molecule has 0 fully saturated rings. The van der Waals surface area contributed by atoms with Crippen molar-refractivity contribution in [1.82, 2.24) is 4.72 Å². The van der Waals surface area contributed by atoms with Crippen molar-refractivity contribution < 1.29 is 26.3 Å². The van der Waals surface area contributed by atoms with Gasteiger partial charge < -0.3 is 4.74 Å². The summed E-state index contributed by atoms with van der Waals surface area (Å²) in [7, 11) is -4.49. The smallest absolute Gasteiger partial charge is 0.420 e. The van der Waals surface area contributed by atoms with Crippen LogP contribution in [0.5, 0.6) is 5.75 Å². The fourth-order valence-electron chi connectivity index (χ4n) is 2.92. The van der Waals surface area contributed by atoms with E-state index >= 15 is 0 Å². The van der Waals surface area contributed by atoms with E-state index in [-0.39, 0.29) is 15.7 Å². The Hall–Kier alpha value is -1.04. The summed E-state index contributed by atoms with van der Waals surface area (Å²) in [6.45, 7) is 5.64. The second-order valence-corrected chi connectivity index (χ2v) is 10.7. The van der Waals surface area contributed by atoms with E-state index in [2.05, 4.69) is 0 Å². The molecule has 0 saturated carbocycles. The molecule has 0 heterocycles. The van der Waals surface area contributed by atoms with E-state index in [0.717, 1.165) is 33.7 Å². The minimum atomic E-state index is -4.93. The van der Waals surface area contributed by atoms with Crippen molar-refractivity contribution in [3.63, 3.8) is 0 Å². The summed E-state index contributed by atoms with van der Waals surface area (Å²) in [5.74, 6) is 0.0319. The van der Waals surface area contributed by atoms with Crippen LogP contribution >= 0.6 is 34.2 Å². The maximum absolute atomic E-state index is 13.8. The molecule has 1 atom stereocenters. The highest BCUT2D eigenvalue weighted by atomic mass is 127. The topological polar surface area (TPSA) is 55.4 Å². The number of aryl methyl sites for hydroxylation is 4. The molecule has 29 heavy (non-hydrogen) atoms. The molecule has 0 radical (unpaired) electrons. The quantitative estimate of drug-likeness (QED) is 0.283. The van der Waals surface area contributed by atoms with E-state index in [4.69, 9.17) is 16.3 Å². The normalized spacial score (nSPS) is 14.5. The van der Waals surface area contributed by atoms with Crippen molar-refractivity contribution in [2.75, 3.05) is 6.61 Å². The lowest BCUT2D eigenvalue weighted by Crippen LogP contribution is -2.57. The van der Waals surface area contributed by atoms with E-state index in [0.29, 0.717) is 11.1 Å². The third-order valence-electron chi connectivity index (χ3n) is 4.13. The van der Waals surface area contributed by atoms with Crippen LogP contribution < -0.4 is 9.46 Å². The molecule has 1 unspecified atom stereocenters. The average Bonchev–Trinajstić information content (AvgIpc) is 2.51. The van der Waals surface area contributed by atoms with Crippen LogP contribution in [0.25, 0.3) is 0 Å². The highest BCUT2D eigenvalue weighted by Gasteiger charge is 2.56. The lowest BCUT2D eigenvalue weighted by Gasteiger charge is -2.31. The third kappa shape index (κ3) is 5.56. The lowest BCUT2D eigenvalue weighted by atomic mass is 10.1. The first kappa shape index (κ1) is 24.2. The van der Waals surface area contributed by atoms with E-state index in [1.54, 1.807) is 56.7 Å². The summed E-state index contributed by atoms with van der Waals surface area (Å²) in [6.07, 6.45) is -4.93. The Morgan fingerprint density at radius 1 is 1.03 bits per heavy atom. The van der Waals surface area contributed by atoms with Crippen molar-refractivity contribution in [3.05, 3.63) is 57.6 Å². The number of ether oxygens (including phenoxy) is 1. The van der Waals surface area contributed by atoms with Gasteiger partial charge in [0.05, 0.1) is 9.92 Å². The fraction of sp³-hybridized carbons (Fsp3) is 0.368. The van der Waals surface area contributed by atoms with Crippen LogP contribution in [0.15, 0.2) is 35.2 Å². The molecule has 0 bridgehead atoms. The largest absolute Gasteiger partial charge is 0.489 e. The Morgan fingerprint density at radius 3 is 2.07 bits per heavy atom. The molecule has 0 aromatic heterocycles. The summed E-state index contributed by atoms with van der Waals surface area (Å²) in [5, 5.41) is 0.138. The molecule has 0 amide bonds. The zero-order chi connectivity index (χ0) is 22.2. The van der Waals surface area contributed by atoms with Crippen LogP contribution in [0, 0.1) is 27.7 Å². The maximum atomic E-state index is 13.8. The molecule has 160 valence electrons. The van der Waals surface area contributed by atoms with E-state index < -0.39 is 26.4 Å². The standard InChI is InChI=1S/C19H20ClF3INO3S/c1-11-5-6-16(15(20)9-11)28-10-18(24,19(21,22)23)25-29(26,27)17-13(3)7-12(2)8-14(17)4/h5-9,25H,10H2,1-4H3. The Kier molecular flexibility index (Phi) is 7.19. The van der Waals surface area contributed by atoms with Gasteiger partial charge in [-0.15, -0.1) is 0 Å². The van der Waals surface area contributed by atoms with Gasteiger partial charge in [0.1, 0.15) is 12.4 Å². The van der Waals surface area contributed by atoms with Gasteiger partial charge in [0.2, 0.25) is 13.6 Å². The number of nitrogens with one attached hydrogen (secondary N) is 1. The first-order chi connectivity index (χ1) is 13.2. The van der Waals surface area contributed by atoms with E-state index in [9.17, 15) is 21.6 Å². The minimum Gasteiger partial charge on any atom is -0.489 e. The molecule has 4 nitrogen and oxygen atoms in total. The first-order valence-electron chi connectivity index (χ1n) is 8.43. The maximum Gasteiger partial charge on any atom is 0.420 e. The second kappa shape index (κ2) is 8.60. The monoisotopic (exact) mass is 561 g/mol. The van der Waals surface area contributed by atoms with E-state index in [1.165, 1.54) is 6.07 Å². The van der Waals surface area contributed by atoms with Gasteiger partial charge in [-0.2, -0.15) is 17.9 Å². The summed E-state index contributed by atoms with van der Waals surface area (Å²) in [4.78, 5) is -0.179. The second-order valence-electron chi connectivity index (χ2n) is 6.85. The third-order valence-corrected chi connectivity index (χ3v) is 7.79. The van der Waals surface area contributed by atoms with Gasteiger partial charge in [-0.25, -0.2) is 8.42 Å². The van der Waals surface area contributed by atoms with Crippen LogP contribution in [-0.4, -0.2) is 24.7 Å². The van der Waals surface area contributed by atoms with Crippen molar-refractivity contribution in [1.29, 1.82) is 0 Å². The fourth-order valence-corrected chi connectivity index (χ4v) is 5.91. The Labute approximate surface area is 187 Å². The molecule has 1 N–H and O–H groups in total. The molecular weight excluding hydrogens is 542 g/mol. The Bertz CT molecular complexity index is 1000. The van der Waals surface area contributed by atoms with Gasteiger partial charge >= 0.3 is 6.18 Å². The van der Waals surface area contributed by atoms with Crippen molar-refractivity contribution in [2.24, 2.45) is 0 Å². The lowest BCUT2D eigenvalue weighted by molar-refractivity contribution is -0.163. The molecule has 0 saturated heterocycles. The minimum absolute atomic E-state index is 0.0319. The van der Waals surface area contributed by atoms with Gasteiger partial charge in [-0.1, -0.05) is 35.4 Å². The zero-order valence-corrected chi connectivity index (χ0v) is 19.8. The first-order valence-corrected chi connectivity index (χ1v) is 11.4. The van der Waals surface area contributed by atoms with Crippen LogP contribution in [0.4, 0.5) is 13.2 Å². The number of alkyl halides is 4. The van der Waals surface area contributed by atoms with Gasteiger partial charge in [0, 0.05) is 0 Å². The number of sulfonamides is 1. The summed E-state index contributed by atoms with van der Waals surface area (Å²) >= 11 is 7.04. The van der Waals surface area contributed by atoms with Crippen LogP contribution in [0.3, 0.4) is 0 Å². The Balaban J connectivity index is 2.40. The highest BCUT2D eigenvalue weighted by molar-refractivity contribution is 14.1. The van der Waals surface area contributed by atoms with Crippen molar-refractivity contribution in [2.45, 2.75) is 42.3 Å². The van der Waals surface area contributed by atoms with Gasteiger partial charge in [0.25, 0.3) is 0 Å². The molecule has 10 heteroatoms. The van der Waals surface area contributed by atoms with Crippen molar-refractivity contribution >= 4 is 44.2 Å². The van der Waals surface area contributed by atoms with E-state index in [1.807, 2.05) is 0 Å². The number of benzene rings is 2. The molecule has 0 spiro atoms. The Morgan fingerprint density at radius 2 is 1.59 bits per heavy atom. The van der Waals surface area contributed by atoms with Crippen LogP contribution in [-0.2, 0) is 10.0 Å². The molecule has 2 aromatic carbocycles. The van der Waals surface area contributed by atoms with Crippen molar-refractivity contribution in [3.8, 4) is 5.75 Å². The number of rotatable bonds is 6. The molecular formula is C19H20ClF3INO3S. The summed E-state index contributed by atoms with van der Waals surface area (Å²) in [5.41, 5.74) is 2.34. The molecule has 0 aliphatic heterocycles. The molecule has 2 aromatic rings. The SMILES string of the molecule is Cc1cc(C)c(S(=O)(=O)NC(I)(COc2ccc(C)cc2Cl)C(F)(F)F)c(C)c1. The van der Waals surface area contributed by atoms with Gasteiger partial charge in [-0.05, 0) is 79.1 Å². The number of halogens is 5. The predicted octanol–water partition coefficient (Wildman–Crippen LogP) is 5.62. The highest BCUT2D eigenvalue weighted by Crippen LogP contribution is 2.39. The van der Waals surface area contributed by atoms with Crippen LogP contribution in [0.2, 0.25) is 5.02 Å². The average molecular weight is 562 g/mol. The van der Waals surface area contributed by atoms with Gasteiger partial charge in [-0.3, -0.25) is 0 Å². The number of hydrogen-bond donors (Lipinski definition) is 1. The van der Waals surface area contributed by atoms with Gasteiger partial charge in [0.15, 0.2) is 0 Å². The predicted molar refractivity (Wildman–Crippen MR) is 115 cm³/mol. The number of hydrogen-bond acceptors (Lipinski definition) is 3. The van der Waals surface area contributed by atoms with Crippen LogP contribution in [0.1, 0.15) is 22.3 Å². The summed E-state index contributed by atoms with van der Waals surface area (Å²) in [6, 6.07) is 7.82. The molecule has 2 rings (SSSR count).